The second-order valence-corrected chi connectivity index (χ2v) is 6.00. The van der Waals surface area contributed by atoms with Crippen LogP contribution in [-0.4, -0.2) is 12.5 Å². The molecule has 0 saturated carbocycles. The number of hydrogen-bond donors (Lipinski definition) is 1. The molecule has 0 aromatic heterocycles. The van der Waals surface area contributed by atoms with Gasteiger partial charge in [-0.2, -0.15) is 0 Å². The van der Waals surface area contributed by atoms with Crippen LogP contribution < -0.4 is 10.1 Å². The fraction of sp³-hybridized carbons (Fsp3) is 0.278. The molecule has 5 heteroatoms. The van der Waals surface area contributed by atoms with E-state index < -0.39 is 0 Å². The number of nitrogens with one attached hydrogen (secondary N) is 1. The van der Waals surface area contributed by atoms with E-state index >= 15 is 0 Å². The molecule has 122 valence electrons. The molecule has 0 bridgehead atoms. The Hall–Kier alpha value is -1.71. The Morgan fingerprint density at radius 1 is 1.09 bits per heavy atom. The van der Waals surface area contributed by atoms with Gasteiger partial charge in [0.1, 0.15) is 5.75 Å². The topological polar surface area (TPSA) is 38.3 Å². The molecule has 0 aliphatic heterocycles. The summed E-state index contributed by atoms with van der Waals surface area (Å²) in [5, 5.41) is 3.71. The second-order valence-electron chi connectivity index (χ2n) is 5.16. The second kappa shape index (κ2) is 8.80. The average molecular weight is 352 g/mol. The van der Waals surface area contributed by atoms with E-state index in [0.29, 0.717) is 27.9 Å². The van der Waals surface area contributed by atoms with E-state index in [0.717, 1.165) is 25.0 Å². The van der Waals surface area contributed by atoms with Crippen LogP contribution >= 0.6 is 23.2 Å². The SMILES string of the molecule is CCCCCOc1ccc(C(=O)Nc2cc(Cl)ccc2Cl)cc1. The van der Waals surface area contributed by atoms with Gasteiger partial charge in [-0.05, 0) is 48.9 Å². The summed E-state index contributed by atoms with van der Waals surface area (Å²) < 4.78 is 5.63. The normalized spacial score (nSPS) is 10.4. The molecule has 0 saturated heterocycles. The first-order valence-corrected chi connectivity index (χ1v) is 8.35. The summed E-state index contributed by atoms with van der Waals surface area (Å²) in [6, 6.07) is 12.0. The summed E-state index contributed by atoms with van der Waals surface area (Å²) in [5.74, 6) is 0.519. The maximum Gasteiger partial charge on any atom is 0.255 e. The Morgan fingerprint density at radius 2 is 1.83 bits per heavy atom. The standard InChI is InChI=1S/C18H19Cl2NO2/c1-2-3-4-11-23-15-8-5-13(6-9-15)18(22)21-17-12-14(19)7-10-16(17)20/h5-10,12H,2-4,11H2,1H3,(H,21,22). The first kappa shape index (κ1) is 17.6. The van der Waals surface area contributed by atoms with Crippen molar-refractivity contribution in [2.24, 2.45) is 0 Å². The summed E-state index contributed by atoms with van der Waals surface area (Å²) in [6.45, 7) is 2.84. The van der Waals surface area contributed by atoms with E-state index in [1.165, 1.54) is 0 Å². The Bertz CT molecular complexity index is 657. The Balaban J connectivity index is 1.96. The summed E-state index contributed by atoms with van der Waals surface area (Å²) in [4.78, 5) is 12.2. The lowest BCUT2D eigenvalue weighted by molar-refractivity contribution is 0.102. The minimum absolute atomic E-state index is 0.244. The fourth-order valence-electron chi connectivity index (χ4n) is 2.03. The molecule has 0 radical (unpaired) electrons. The van der Waals surface area contributed by atoms with Crippen LogP contribution in [0.4, 0.5) is 5.69 Å². The van der Waals surface area contributed by atoms with Gasteiger partial charge in [0.05, 0.1) is 17.3 Å². The van der Waals surface area contributed by atoms with Crippen molar-refractivity contribution in [3.63, 3.8) is 0 Å². The van der Waals surface area contributed by atoms with Crippen molar-refractivity contribution < 1.29 is 9.53 Å². The van der Waals surface area contributed by atoms with Gasteiger partial charge in [0.2, 0.25) is 0 Å². The van der Waals surface area contributed by atoms with E-state index in [1.54, 1.807) is 42.5 Å². The van der Waals surface area contributed by atoms with Gasteiger partial charge in [-0.15, -0.1) is 0 Å². The zero-order valence-electron chi connectivity index (χ0n) is 12.9. The predicted octanol–water partition coefficient (Wildman–Crippen LogP) is 5.81. The summed E-state index contributed by atoms with van der Waals surface area (Å²) in [5.41, 5.74) is 1.02. The number of anilines is 1. The van der Waals surface area contributed by atoms with Crippen molar-refractivity contribution >= 4 is 34.8 Å². The van der Waals surface area contributed by atoms with Crippen molar-refractivity contribution in [1.29, 1.82) is 0 Å². The smallest absolute Gasteiger partial charge is 0.255 e. The van der Waals surface area contributed by atoms with Gasteiger partial charge in [-0.1, -0.05) is 43.0 Å². The van der Waals surface area contributed by atoms with Crippen LogP contribution in [0.15, 0.2) is 42.5 Å². The lowest BCUT2D eigenvalue weighted by Crippen LogP contribution is -2.12. The highest BCUT2D eigenvalue weighted by Gasteiger charge is 2.09. The van der Waals surface area contributed by atoms with Crippen LogP contribution in [-0.2, 0) is 0 Å². The number of unbranched alkanes of at least 4 members (excludes halogenated alkanes) is 2. The predicted molar refractivity (Wildman–Crippen MR) is 95.9 cm³/mol. The first-order valence-electron chi connectivity index (χ1n) is 7.59. The van der Waals surface area contributed by atoms with Crippen molar-refractivity contribution in [2.75, 3.05) is 11.9 Å². The van der Waals surface area contributed by atoms with E-state index in [2.05, 4.69) is 12.2 Å². The molecule has 1 N–H and O–H groups in total. The molecule has 0 unspecified atom stereocenters. The monoisotopic (exact) mass is 351 g/mol. The highest BCUT2D eigenvalue weighted by molar-refractivity contribution is 6.35. The van der Waals surface area contributed by atoms with E-state index in [1.807, 2.05) is 0 Å². The molecular weight excluding hydrogens is 333 g/mol. The molecular formula is C18H19Cl2NO2. The van der Waals surface area contributed by atoms with Gasteiger partial charge < -0.3 is 10.1 Å². The molecule has 0 aliphatic carbocycles. The maximum absolute atomic E-state index is 12.2. The number of ether oxygens (including phenoxy) is 1. The van der Waals surface area contributed by atoms with Crippen molar-refractivity contribution in [3.05, 3.63) is 58.1 Å². The number of carbonyl (C=O) groups excluding carboxylic acids is 1. The molecule has 1 amide bonds. The third-order valence-corrected chi connectivity index (χ3v) is 3.87. The Labute approximate surface area is 146 Å². The quantitative estimate of drug-likeness (QED) is 0.638. The van der Waals surface area contributed by atoms with Crippen molar-refractivity contribution in [2.45, 2.75) is 26.2 Å². The molecule has 0 heterocycles. The van der Waals surface area contributed by atoms with E-state index in [-0.39, 0.29) is 5.91 Å². The molecule has 0 spiro atoms. The fourth-order valence-corrected chi connectivity index (χ4v) is 2.37. The van der Waals surface area contributed by atoms with Crippen LogP contribution in [0.25, 0.3) is 0 Å². The van der Waals surface area contributed by atoms with Gasteiger partial charge in [0.25, 0.3) is 5.91 Å². The zero-order chi connectivity index (χ0) is 16.7. The van der Waals surface area contributed by atoms with Crippen LogP contribution in [0.3, 0.4) is 0 Å². The minimum atomic E-state index is -0.244. The number of hydrogen-bond acceptors (Lipinski definition) is 2. The number of carbonyl (C=O) groups is 1. The van der Waals surface area contributed by atoms with Gasteiger partial charge in [-0.3, -0.25) is 4.79 Å². The zero-order valence-corrected chi connectivity index (χ0v) is 14.5. The lowest BCUT2D eigenvalue weighted by atomic mass is 10.2. The number of rotatable bonds is 7. The summed E-state index contributed by atoms with van der Waals surface area (Å²) >= 11 is 12.0. The number of benzene rings is 2. The van der Waals surface area contributed by atoms with Gasteiger partial charge >= 0.3 is 0 Å². The molecule has 2 rings (SSSR count). The minimum Gasteiger partial charge on any atom is -0.494 e. The van der Waals surface area contributed by atoms with Gasteiger partial charge in [0.15, 0.2) is 0 Å². The molecule has 2 aromatic carbocycles. The third kappa shape index (κ3) is 5.45. The van der Waals surface area contributed by atoms with Crippen molar-refractivity contribution in [1.82, 2.24) is 0 Å². The maximum atomic E-state index is 12.2. The highest BCUT2D eigenvalue weighted by Crippen LogP contribution is 2.26. The van der Waals surface area contributed by atoms with Gasteiger partial charge in [-0.25, -0.2) is 0 Å². The largest absolute Gasteiger partial charge is 0.494 e. The van der Waals surface area contributed by atoms with E-state index in [4.69, 9.17) is 27.9 Å². The van der Waals surface area contributed by atoms with Crippen LogP contribution in [0.5, 0.6) is 5.75 Å². The molecule has 0 fully saturated rings. The van der Waals surface area contributed by atoms with Crippen molar-refractivity contribution in [3.8, 4) is 5.75 Å². The van der Waals surface area contributed by atoms with Crippen LogP contribution in [0.2, 0.25) is 10.0 Å². The van der Waals surface area contributed by atoms with E-state index in [9.17, 15) is 4.79 Å². The van der Waals surface area contributed by atoms with Crippen LogP contribution in [0.1, 0.15) is 36.5 Å². The van der Waals surface area contributed by atoms with Crippen LogP contribution in [0, 0.1) is 0 Å². The molecule has 0 aliphatic rings. The highest BCUT2D eigenvalue weighted by atomic mass is 35.5. The lowest BCUT2D eigenvalue weighted by Gasteiger charge is -2.09. The number of halogens is 2. The molecule has 23 heavy (non-hydrogen) atoms. The average Bonchev–Trinajstić information content (AvgIpc) is 2.55. The summed E-state index contributed by atoms with van der Waals surface area (Å²) in [7, 11) is 0. The van der Waals surface area contributed by atoms with Gasteiger partial charge in [0, 0.05) is 10.6 Å². The Kier molecular flexibility index (Phi) is 6.75. The molecule has 0 atom stereocenters. The first-order chi connectivity index (χ1) is 11.1. The molecule has 3 nitrogen and oxygen atoms in total. The summed E-state index contributed by atoms with van der Waals surface area (Å²) in [6.07, 6.45) is 3.35. The third-order valence-electron chi connectivity index (χ3n) is 3.31. The number of amides is 1. The Morgan fingerprint density at radius 3 is 2.52 bits per heavy atom. The molecule has 2 aromatic rings.